The quantitative estimate of drug-likeness (QED) is 0.626. The number of anilines is 2. The van der Waals surface area contributed by atoms with Crippen molar-refractivity contribution < 1.29 is 31.9 Å². The molecule has 178 valence electrons. The highest BCUT2D eigenvalue weighted by molar-refractivity contribution is 5.80. The number of fused-ring (bicyclic) bond motifs is 1. The molecule has 4 heterocycles. The van der Waals surface area contributed by atoms with Crippen LogP contribution in [0, 0.1) is 5.82 Å². The number of amides is 1. The van der Waals surface area contributed by atoms with E-state index in [2.05, 4.69) is 4.98 Å². The lowest BCUT2D eigenvalue weighted by Gasteiger charge is -2.40. The van der Waals surface area contributed by atoms with E-state index in [1.165, 1.54) is 4.90 Å². The summed E-state index contributed by atoms with van der Waals surface area (Å²) in [5.74, 6) is -2.50. The van der Waals surface area contributed by atoms with Crippen LogP contribution in [0.15, 0.2) is 4.79 Å². The Morgan fingerprint density at radius 2 is 1.97 bits per heavy atom. The van der Waals surface area contributed by atoms with Crippen molar-refractivity contribution in [3.05, 3.63) is 16.2 Å². The fourth-order valence-electron chi connectivity index (χ4n) is 4.25. The number of hydroxylamine groups is 2. The van der Waals surface area contributed by atoms with Gasteiger partial charge in [-0.2, -0.15) is 22.5 Å². The Morgan fingerprint density at radius 3 is 2.62 bits per heavy atom. The lowest BCUT2D eigenvalue weighted by Crippen LogP contribution is -2.56. The predicted octanol–water partition coefficient (Wildman–Crippen LogP) is 1.30. The summed E-state index contributed by atoms with van der Waals surface area (Å²) in [7, 11) is 0. The fraction of sp³-hybridized carbons (Fsp3) is 0.737. The molecule has 2 saturated heterocycles. The second kappa shape index (κ2) is 8.85. The first-order valence-electron chi connectivity index (χ1n) is 10.6. The molecule has 4 rings (SSSR count). The zero-order chi connectivity index (χ0) is 23.0. The van der Waals surface area contributed by atoms with Crippen LogP contribution in [0.3, 0.4) is 0 Å². The molecular formula is C19H25F4N5O4. The summed E-state index contributed by atoms with van der Waals surface area (Å²) in [6.07, 6.45) is -3.75. The van der Waals surface area contributed by atoms with E-state index in [9.17, 15) is 27.2 Å². The number of carbonyl (C=O) groups is 1. The van der Waals surface area contributed by atoms with Crippen molar-refractivity contribution >= 4 is 17.7 Å². The standard InChI is InChI=1S/C19H25F4N5O4/c1-12-11-31-9-7-25(12)16-15(20)17(30)26-6-4-13(19(21,22)23)27(18(26)24-16)10-14(29)28-5-2-3-8-32-28/h12-13H,2-11H2,1H3/t12-,13+/m1/s1. The molecule has 1 aromatic rings. The molecule has 2 fully saturated rings. The summed E-state index contributed by atoms with van der Waals surface area (Å²) in [5, 5.41) is 1.04. The number of aromatic nitrogens is 2. The monoisotopic (exact) mass is 463 g/mol. The average molecular weight is 463 g/mol. The molecule has 13 heteroatoms. The Kier molecular flexibility index (Phi) is 6.30. The highest BCUT2D eigenvalue weighted by atomic mass is 19.4. The number of alkyl halides is 3. The Morgan fingerprint density at radius 1 is 1.19 bits per heavy atom. The predicted molar refractivity (Wildman–Crippen MR) is 105 cm³/mol. The molecule has 32 heavy (non-hydrogen) atoms. The largest absolute Gasteiger partial charge is 0.408 e. The molecule has 1 aromatic heterocycles. The van der Waals surface area contributed by atoms with Gasteiger partial charge in [0.1, 0.15) is 12.6 Å². The molecule has 3 aliphatic heterocycles. The van der Waals surface area contributed by atoms with Crippen LogP contribution >= 0.6 is 0 Å². The molecule has 3 aliphatic rings. The third kappa shape index (κ3) is 4.27. The minimum absolute atomic E-state index is 0.233. The molecule has 1 amide bonds. The number of morpholine rings is 1. The summed E-state index contributed by atoms with van der Waals surface area (Å²) in [4.78, 5) is 37.1. The number of hydrogen-bond acceptors (Lipinski definition) is 7. The lowest BCUT2D eigenvalue weighted by molar-refractivity contribution is -0.196. The van der Waals surface area contributed by atoms with Crippen LogP contribution in [0.2, 0.25) is 0 Å². The zero-order valence-electron chi connectivity index (χ0n) is 17.6. The van der Waals surface area contributed by atoms with Crippen molar-refractivity contribution in [1.82, 2.24) is 14.6 Å². The van der Waals surface area contributed by atoms with Crippen molar-refractivity contribution in [3.63, 3.8) is 0 Å². The van der Waals surface area contributed by atoms with Gasteiger partial charge in [-0.15, -0.1) is 0 Å². The van der Waals surface area contributed by atoms with Gasteiger partial charge in [0.15, 0.2) is 5.82 Å². The van der Waals surface area contributed by atoms with Crippen LogP contribution < -0.4 is 15.4 Å². The van der Waals surface area contributed by atoms with E-state index < -0.39 is 42.5 Å². The van der Waals surface area contributed by atoms with Gasteiger partial charge in [0.2, 0.25) is 11.8 Å². The summed E-state index contributed by atoms with van der Waals surface area (Å²) in [5.41, 5.74) is -1.06. The van der Waals surface area contributed by atoms with Gasteiger partial charge in [0, 0.05) is 19.6 Å². The molecule has 0 spiro atoms. The van der Waals surface area contributed by atoms with E-state index in [1.54, 1.807) is 6.92 Å². The Labute approximate surface area is 181 Å². The minimum Gasteiger partial charge on any atom is -0.377 e. The van der Waals surface area contributed by atoms with Crippen LogP contribution in [0.25, 0.3) is 0 Å². The minimum atomic E-state index is -4.67. The van der Waals surface area contributed by atoms with Crippen molar-refractivity contribution in [2.45, 2.75) is 51.0 Å². The fourth-order valence-corrected chi connectivity index (χ4v) is 4.25. The molecule has 0 bridgehead atoms. The summed E-state index contributed by atoms with van der Waals surface area (Å²) < 4.78 is 62.7. The summed E-state index contributed by atoms with van der Waals surface area (Å²) >= 11 is 0. The van der Waals surface area contributed by atoms with E-state index in [0.717, 1.165) is 21.0 Å². The number of hydrogen-bond donors (Lipinski definition) is 0. The third-order valence-corrected chi connectivity index (χ3v) is 5.94. The summed E-state index contributed by atoms with van der Waals surface area (Å²) in [6, 6.07) is -2.37. The van der Waals surface area contributed by atoms with Crippen LogP contribution in [0.4, 0.5) is 29.3 Å². The van der Waals surface area contributed by atoms with Crippen LogP contribution in [0.5, 0.6) is 0 Å². The molecule has 0 saturated carbocycles. The highest BCUT2D eigenvalue weighted by Crippen LogP contribution is 2.35. The average Bonchev–Trinajstić information content (AvgIpc) is 2.76. The van der Waals surface area contributed by atoms with Gasteiger partial charge in [0.25, 0.3) is 11.5 Å². The zero-order valence-corrected chi connectivity index (χ0v) is 17.6. The van der Waals surface area contributed by atoms with Gasteiger partial charge >= 0.3 is 6.18 Å². The molecule has 2 atom stereocenters. The van der Waals surface area contributed by atoms with E-state index in [-0.39, 0.29) is 50.7 Å². The van der Waals surface area contributed by atoms with Crippen LogP contribution in [-0.2, 0) is 20.9 Å². The molecular weight excluding hydrogens is 438 g/mol. The molecule has 9 nitrogen and oxygen atoms in total. The number of carbonyl (C=O) groups excluding carboxylic acids is 1. The topological polar surface area (TPSA) is 80.1 Å². The van der Waals surface area contributed by atoms with Crippen LogP contribution in [-0.4, -0.2) is 78.2 Å². The number of halogens is 4. The first-order valence-corrected chi connectivity index (χ1v) is 10.6. The van der Waals surface area contributed by atoms with Crippen molar-refractivity contribution in [3.8, 4) is 0 Å². The van der Waals surface area contributed by atoms with E-state index in [1.807, 2.05) is 0 Å². The summed E-state index contributed by atoms with van der Waals surface area (Å²) in [6.45, 7) is 2.02. The molecule has 0 radical (unpaired) electrons. The van der Waals surface area contributed by atoms with Gasteiger partial charge in [-0.1, -0.05) is 0 Å². The SMILES string of the molecule is C[C@@H]1COCCN1c1nc2n(c(=O)c1F)CC[C@@H](C(F)(F)F)N2CC(=O)N1CCCCO1. The number of rotatable bonds is 3. The first kappa shape index (κ1) is 22.8. The number of ether oxygens (including phenoxy) is 1. The highest BCUT2D eigenvalue weighted by Gasteiger charge is 2.48. The molecule has 0 unspecified atom stereocenters. The van der Waals surface area contributed by atoms with Gasteiger partial charge < -0.3 is 14.5 Å². The smallest absolute Gasteiger partial charge is 0.377 e. The maximum atomic E-state index is 14.9. The van der Waals surface area contributed by atoms with Gasteiger partial charge in [-0.25, -0.2) is 5.06 Å². The molecule has 0 aromatic carbocycles. The van der Waals surface area contributed by atoms with E-state index >= 15 is 0 Å². The van der Waals surface area contributed by atoms with Crippen molar-refractivity contribution in [2.75, 3.05) is 49.3 Å². The maximum absolute atomic E-state index is 14.9. The van der Waals surface area contributed by atoms with Crippen molar-refractivity contribution in [1.29, 1.82) is 0 Å². The van der Waals surface area contributed by atoms with Crippen molar-refractivity contribution in [2.24, 2.45) is 0 Å². The van der Waals surface area contributed by atoms with E-state index in [0.29, 0.717) is 13.0 Å². The molecule has 0 aliphatic carbocycles. The van der Waals surface area contributed by atoms with Crippen LogP contribution in [0.1, 0.15) is 26.2 Å². The Hall–Kier alpha value is -2.41. The second-order valence-corrected chi connectivity index (χ2v) is 8.13. The van der Waals surface area contributed by atoms with Gasteiger partial charge in [0.05, 0.1) is 25.9 Å². The normalized spacial score (nSPS) is 24.5. The number of nitrogens with zero attached hydrogens (tertiary/aromatic N) is 5. The first-order chi connectivity index (χ1) is 15.2. The second-order valence-electron chi connectivity index (χ2n) is 8.13. The molecule has 0 N–H and O–H groups in total. The third-order valence-electron chi connectivity index (χ3n) is 5.94. The lowest BCUT2D eigenvalue weighted by atomic mass is 10.1. The maximum Gasteiger partial charge on any atom is 0.408 e. The van der Waals surface area contributed by atoms with Gasteiger partial charge in [-0.3, -0.25) is 19.0 Å². The Balaban J connectivity index is 1.75. The Bertz CT molecular complexity index is 918. The van der Waals surface area contributed by atoms with Gasteiger partial charge in [-0.05, 0) is 26.2 Å². The van der Waals surface area contributed by atoms with E-state index in [4.69, 9.17) is 9.57 Å².